The first kappa shape index (κ1) is 40.4. The summed E-state index contributed by atoms with van der Waals surface area (Å²) >= 11 is 0.198. The van der Waals surface area contributed by atoms with Crippen molar-refractivity contribution in [2.45, 2.75) is 97.7 Å². The molecule has 0 N–H and O–H groups in total. The van der Waals surface area contributed by atoms with Crippen LogP contribution in [0.3, 0.4) is 0 Å². The van der Waals surface area contributed by atoms with Crippen molar-refractivity contribution in [2.75, 3.05) is 0 Å². The molecular formula is C16H48Al5Na. The van der Waals surface area contributed by atoms with Crippen molar-refractivity contribution in [1.82, 2.24) is 0 Å². The van der Waals surface area contributed by atoms with Crippen molar-refractivity contribution < 1.29 is 29.6 Å². The van der Waals surface area contributed by atoms with E-state index in [0.29, 0.717) is 0 Å². The average molecular weight is 398 g/mol. The topological polar surface area (TPSA) is 0 Å². The summed E-state index contributed by atoms with van der Waals surface area (Å²) in [4.78, 5) is 0. The molecule has 0 nitrogen and oxygen atoms in total. The molecule has 0 fully saturated rings. The van der Waals surface area contributed by atoms with E-state index in [1.807, 2.05) is 0 Å². The monoisotopic (exact) mass is 398 g/mol. The molecule has 0 heterocycles. The first-order chi connectivity index (χ1) is 9.66. The van der Waals surface area contributed by atoms with Gasteiger partial charge in [0.2, 0.25) is 0 Å². The molecule has 0 rings (SSSR count). The van der Waals surface area contributed by atoms with Crippen molar-refractivity contribution in [3.8, 4) is 0 Å². The van der Waals surface area contributed by atoms with Crippen molar-refractivity contribution in [3.05, 3.63) is 0 Å². The van der Waals surface area contributed by atoms with Gasteiger partial charge in [0, 0.05) is 0 Å². The van der Waals surface area contributed by atoms with Crippen LogP contribution in [0, 0.1) is 0 Å². The van der Waals surface area contributed by atoms with E-state index < -0.39 is 0 Å². The van der Waals surface area contributed by atoms with Gasteiger partial charge in [-0.2, -0.15) is 0 Å². The van der Waals surface area contributed by atoms with Crippen LogP contribution in [0.4, 0.5) is 0 Å². The molecule has 0 radical (unpaired) electrons. The van der Waals surface area contributed by atoms with Crippen LogP contribution in [-0.2, 0) is 0 Å². The summed E-state index contributed by atoms with van der Waals surface area (Å²) in [6.45, 7) is 18.4. The molecule has 22 heavy (non-hydrogen) atoms. The van der Waals surface area contributed by atoms with Gasteiger partial charge in [0.05, 0.1) is 60.9 Å². The zero-order chi connectivity index (χ0) is 16.5. The molecule has 6 heteroatoms. The quantitative estimate of drug-likeness (QED) is 0.530. The van der Waals surface area contributed by atoms with Gasteiger partial charge >= 0.3 is 46.9 Å². The predicted octanol–water partition coefficient (Wildman–Crippen LogP) is 0.750. The molecule has 0 saturated carbocycles. The van der Waals surface area contributed by atoms with E-state index in [2.05, 4.69) is 55.4 Å². The second kappa shape index (κ2) is 56.3. The van der Waals surface area contributed by atoms with Gasteiger partial charge < -0.3 is 0 Å². The molecular weight excluding hydrogens is 350 g/mol. The second-order valence-electron chi connectivity index (χ2n) is 7.66. The number of hydrogen-bond donors (Lipinski definition) is 0. The van der Waals surface area contributed by atoms with Crippen LogP contribution >= 0.6 is 0 Å². The molecule has 0 spiro atoms. The van der Waals surface area contributed by atoms with Crippen LogP contribution < -0.4 is 29.6 Å². The Labute approximate surface area is 202 Å². The SMILES string of the molecule is C[CH2][AlH2-][CH2]C.C[CH2][AlH2-][CH2]C.C[CH2][AlH2-][CH2]C.C[CH2][AlH2-][CH2]C.[Al+3].[Na+]. The summed E-state index contributed by atoms with van der Waals surface area (Å²) in [7, 11) is 0. The molecule has 128 valence electrons. The average Bonchev–Trinajstić information content (AvgIpc) is 2.44. The van der Waals surface area contributed by atoms with Crippen LogP contribution in [-0.4, -0.2) is 78.2 Å². The van der Waals surface area contributed by atoms with Gasteiger partial charge in [0.1, 0.15) is 0 Å². The minimum atomic E-state index is 0. The molecule has 0 aromatic rings. The Kier molecular flexibility index (Phi) is 103. The molecule has 0 aliphatic carbocycles. The molecule has 0 aromatic heterocycles. The summed E-state index contributed by atoms with van der Waals surface area (Å²) in [6, 6.07) is 0. The Balaban J connectivity index is -0.0000000376. The van der Waals surface area contributed by atoms with Crippen LogP contribution in [0.5, 0.6) is 0 Å². The fourth-order valence-corrected chi connectivity index (χ4v) is 6.00. The van der Waals surface area contributed by atoms with Crippen molar-refractivity contribution in [3.63, 3.8) is 0 Å². The molecule has 0 aliphatic heterocycles. The van der Waals surface area contributed by atoms with Gasteiger partial charge in [-0.15, -0.1) is 55.4 Å². The van der Waals surface area contributed by atoms with E-state index in [1.54, 1.807) is 0 Å². The Morgan fingerprint density at radius 3 is 0.455 bits per heavy atom. The molecule has 0 bridgehead atoms. The molecule has 0 unspecified atom stereocenters. The summed E-state index contributed by atoms with van der Waals surface area (Å²) in [5.74, 6) is 0. The standard InChI is InChI=1S/8C2H5.5Al.Na.8H/c8*1-2;;;;;;;;;;;;;;/h8*1H2,2H3;;;;;;;;;;;;;;/q;;;;;;;;4*-1;+3;+1;;;;;;;;. The van der Waals surface area contributed by atoms with E-state index in [4.69, 9.17) is 0 Å². The number of rotatable bonds is 8. The van der Waals surface area contributed by atoms with Crippen LogP contribution in [0.25, 0.3) is 0 Å². The third kappa shape index (κ3) is 89.4. The molecule has 0 atom stereocenters. The summed E-state index contributed by atoms with van der Waals surface area (Å²) in [6.07, 6.45) is 0. The zero-order valence-electron chi connectivity index (χ0n) is 19.2. The molecule has 0 aromatic carbocycles. The Morgan fingerprint density at radius 1 is 0.364 bits per heavy atom. The first-order valence-electron chi connectivity index (χ1n) is 11.3. The largest absolute Gasteiger partial charge is 3.00 e. The van der Waals surface area contributed by atoms with Gasteiger partial charge in [-0.05, 0) is 0 Å². The second-order valence-corrected chi connectivity index (χ2v) is 23.0. The van der Waals surface area contributed by atoms with Crippen LogP contribution in [0.15, 0.2) is 0 Å². The summed E-state index contributed by atoms with van der Waals surface area (Å²) in [5, 5.41) is 12.3. The van der Waals surface area contributed by atoms with E-state index >= 15 is 0 Å². The third-order valence-corrected chi connectivity index (χ3v) is 12.0. The van der Waals surface area contributed by atoms with Crippen molar-refractivity contribution in [2.24, 2.45) is 0 Å². The van der Waals surface area contributed by atoms with Gasteiger partial charge in [0.25, 0.3) is 0 Å². The van der Waals surface area contributed by atoms with Gasteiger partial charge in [-0.1, -0.05) is 0 Å². The minimum Gasteiger partial charge on any atom is -0.201 e. The fraction of sp³-hybridized carbons (Fsp3) is 1.00. The normalized spacial score (nSPS) is 7.64. The van der Waals surface area contributed by atoms with Gasteiger partial charge in [-0.3, -0.25) is 0 Å². The van der Waals surface area contributed by atoms with Gasteiger partial charge in [0.15, 0.2) is 0 Å². The summed E-state index contributed by atoms with van der Waals surface area (Å²) in [5.41, 5.74) is 0. The molecule has 0 saturated heterocycles. The van der Waals surface area contributed by atoms with Crippen molar-refractivity contribution in [1.29, 1.82) is 0 Å². The summed E-state index contributed by atoms with van der Waals surface area (Å²) < 4.78 is 0. The Bertz CT molecular complexity index is 76.5. The van der Waals surface area contributed by atoms with E-state index in [0.717, 1.165) is 0 Å². The van der Waals surface area contributed by atoms with Crippen LogP contribution in [0.2, 0.25) is 42.3 Å². The third-order valence-electron chi connectivity index (χ3n) is 4.00. The fourth-order valence-electron chi connectivity index (χ4n) is 2.00. The van der Waals surface area contributed by atoms with Gasteiger partial charge in [-0.25, -0.2) is 42.3 Å². The molecule has 0 amide bonds. The first-order valence-corrected chi connectivity index (χ1v) is 22.6. The van der Waals surface area contributed by atoms with E-state index in [1.165, 1.54) is 42.3 Å². The maximum absolute atomic E-state index is 2.30. The molecule has 0 aliphatic rings. The predicted molar refractivity (Wildman–Crippen MR) is 124 cm³/mol. The Hall–Kier alpha value is 3.66. The van der Waals surface area contributed by atoms with Crippen LogP contribution in [0.1, 0.15) is 55.4 Å². The maximum atomic E-state index is 2.30. The Morgan fingerprint density at radius 2 is 0.455 bits per heavy atom. The smallest absolute Gasteiger partial charge is 0.201 e. The van der Waals surface area contributed by atoms with E-state index in [-0.39, 0.29) is 108 Å². The minimum absolute atomic E-state index is 0. The zero-order valence-corrected chi connectivity index (χ0v) is 30.4. The van der Waals surface area contributed by atoms with Crippen molar-refractivity contribution >= 4 is 78.2 Å². The maximum Gasteiger partial charge on any atom is 3.00 e. The van der Waals surface area contributed by atoms with E-state index in [9.17, 15) is 0 Å². The number of hydrogen-bond acceptors (Lipinski definition) is 0.